The van der Waals surface area contributed by atoms with Gasteiger partial charge < -0.3 is 33.8 Å². The zero-order valence-electron chi connectivity index (χ0n) is 72.9. The lowest BCUT2D eigenvalue weighted by molar-refractivity contribution is -0.161. The molecule has 0 amide bonds. The van der Waals surface area contributed by atoms with Crippen LogP contribution in [0.1, 0.15) is 479 Å². The van der Waals surface area contributed by atoms with E-state index in [1.165, 1.54) is 283 Å². The highest BCUT2D eigenvalue weighted by Gasteiger charge is 2.31. The molecule has 0 saturated carbocycles. The average Bonchev–Trinajstić information content (AvgIpc) is 0.901. The van der Waals surface area contributed by atoms with Crippen molar-refractivity contribution in [2.75, 3.05) is 39.6 Å². The molecule has 6 atom stereocenters. The fraction of sp³-hybridized carbons (Fsp3) is 0.956. The van der Waals surface area contributed by atoms with E-state index in [4.69, 9.17) is 37.0 Å². The lowest BCUT2D eigenvalue weighted by atomic mass is 9.99. The molecule has 0 aliphatic carbocycles. The number of hydrogen-bond acceptors (Lipinski definition) is 15. The van der Waals surface area contributed by atoms with E-state index in [1.54, 1.807) is 0 Å². The average molecular weight is 1610 g/mol. The largest absolute Gasteiger partial charge is 0.472 e. The summed E-state index contributed by atoms with van der Waals surface area (Å²) >= 11 is 0. The van der Waals surface area contributed by atoms with E-state index in [9.17, 15) is 43.2 Å². The fourth-order valence-corrected chi connectivity index (χ4v) is 15.7. The van der Waals surface area contributed by atoms with Crippen LogP contribution < -0.4 is 0 Å². The van der Waals surface area contributed by atoms with Crippen LogP contribution in [0.2, 0.25) is 0 Å². The van der Waals surface area contributed by atoms with Crippen molar-refractivity contribution in [1.29, 1.82) is 0 Å². The Kier molecular flexibility index (Phi) is 78.1. The monoisotopic (exact) mass is 1610 g/mol. The number of unbranched alkanes of at least 4 members (excludes halogenated alkanes) is 53. The van der Waals surface area contributed by atoms with E-state index < -0.39 is 97.5 Å². The molecule has 0 saturated heterocycles. The van der Waals surface area contributed by atoms with E-state index in [-0.39, 0.29) is 25.7 Å². The van der Waals surface area contributed by atoms with Crippen molar-refractivity contribution in [3.63, 3.8) is 0 Å². The predicted molar refractivity (Wildman–Crippen MR) is 455 cm³/mol. The normalized spacial score (nSPS) is 14.1. The second-order valence-corrected chi connectivity index (χ2v) is 37.3. The van der Waals surface area contributed by atoms with Crippen molar-refractivity contribution in [2.45, 2.75) is 497 Å². The van der Waals surface area contributed by atoms with Crippen molar-refractivity contribution < 1.29 is 80.2 Å². The van der Waals surface area contributed by atoms with E-state index in [0.29, 0.717) is 25.7 Å². The third kappa shape index (κ3) is 82.6. The van der Waals surface area contributed by atoms with Gasteiger partial charge in [0.05, 0.1) is 26.4 Å². The molecule has 0 spiro atoms. The number of phosphoric ester groups is 2. The van der Waals surface area contributed by atoms with Crippen LogP contribution in [0.15, 0.2) is 0 Å². The van der Waals surface area contributed by atoms with Crippen LogP contribution >= 0.6 is 15.6 Å². The predicted octanol–water partition coefficient (Wildman–Crippen LogP) is 27.9. The van der Waals surface area contributed by atoms with Gasteiger partial charge in [-0.15, -0.1) is 0 Å². The maximum absolute atomic E-state index is 13.2. The Morgan fingerprint density at radius 2 is 0.436 bits per heavy atom. The van der Waals surface area contributed by atoms with Gasteiger partial charge in [0.1, 0.15) is 19.3 Å². The minimum atomic E-state index is -4.97. The highest BCUT2D eigenvalue weighted by molar-refractivity contribution is 7.47. The van der Waals surface area contributed by atoms with Gasteiger partial charge in [-0.05, 0) is 49.4 Å². The molecule has 0 aromatic heterocycles. The summed E-state index contributed by atoms with van der Waals surface area (Å²) < 4.78 is 69.1. The molecule has 0 aromatic carbocycles. The van der Waals surface area contributed by atoms with E-state index in [0.717, 1.165) is 114 Å². The molecule has 0 radical (unpaired) electrons. The van der Waals surface area contributed by atoms with E-state index >= 15 is 0 Å². The Labute approximate surface area is 677 Å². The molecule has 0 rings (SSSR count). The van der Waals surface area contributed by atoms with Crippen LogP contribution in [0.25, 0.3) is 0 Å². The molecule has 0 aromatic rings. The zero-order valence-corrected chi connectivity index (χ0v) is 74.7. The Hall–Kier alpha value is -1.94. The molecule has 0 heterocycles. The molecule has 0 fully saturated rings. The summed E-state index contributed by atoms with van der Waals surface area (Å²) in [5.41, 5.74) is 0. The number of carbonyl (C=O) groups excluding carboxylic acids is 4. The van der Waals surface area contributed by atoms with Gasteiger partial charge in [-0.2, -0.15) is 0 Å². The number of phosphoric acid groups is 2. The summed E-state index contributed by atoms with van der Waals surface area (Å²) in [7, 11) is -9.94. The number of hydrogen-bond donors (Lipinski definition) is 3. The maximum atomic E-state index is 13.2. The van der Waals surface area contributed by atoms with Crippen LogP contribution in [-0.2, 0) is 65.4 Å². The molecule has 110 heavy (non-hydrogen) atoms. The van der Waals surface area contributed by atoms with Crippen LogP contribution in [-0.4, -0.2) is 96.7 Å². The lowest BCUT2D eigenvalue weighted by Crippen LogP contribution is -2.30. The Bertz CT molecular complexity index is 2130. The van der Waals surface area contributed by atoms with Gasteiger partial charge in [-0.1, -0.05) is 428 Å². The fourth-order valence-electron chi connectivity index (χ4n) is 14.2. The Morgan fingerprint density at radius 3 is 0.645 bits per heavy atom. The van der Waals surface area contributed by atoms with E-state index in [2.05, 4.69) is 55.4 Å². The van der Waals surface area contributed by atoms with Crippen LogP contribution in [0.5, 0.6) is 0 Å². The first-order chi connectivity index (χ1) is 53.1. The van der Waals surface area contributed by atoms with Crippen molar-refractivity contribution in [2.24, 2.45) is 23.7 Å². The van der Waals surface area contributed by atoms with Gasteiger partial charge >= 0.3 is 39.5 Å². The molecule has 654 valence electrons. The highest BCUT2D eigenvalue weighted by atomic mass is 31.2. The first-order valence-electron chi connectivity index (χ1n) is 46.7. The molecular formula is C91H178O17P2. The summed E-state index contributed by atoms with van der Waals surface area (Å²) in [6.07, 6.45) is 70.8. The SMILES string of the molecule is CCC(C)CCCCCCCCCCCCCCCCC(=O)O[C@H](COC(=O)CCCCCCCCCCCC(C)C)COP(=O)(O)OC[C@H](O)COP(=O)(O)OC[C@@H](COC(=O)CCCCCCCCCCCCCCCCCCC(C)C)OC(=O)CCCCCCCCCCCCCCCCCCCCC(C)C. The molecule has 0 aliphatic rings. The molecular weight excluding hydrogens is 1430 g/mol. The zero-order chi connectivity index (χ0) is 80.9. The van der Waals surface area contributed by atoms with Crippen LogP contribution in [0, 0.1) is 23.7 Å². The summed E-state index contributed by atoms with van der Waals surface area (Å²) in [5.74, 6) is 1.12. The quantitative estimate of drug-likeness (QED) is 0.0222. The summed E-state index contributed by atoms with van der Waals surface area (Å²) in [5, 5.41) is 10.7. The second kappa shape index (κ2) is 79.5. The van der Waals surface area contributed by atoms with Crippen LogP contribution in [0.4, 0.5) is 0 Å². The second-order valence-electron chi connectivity index (χ2n) is 34.4. The minimum absolute atomic E-state index is 0.107. The summed E-state index contributed by atoms with van der Waals surface area (Å²) in [6, 6.07) is 0. The Balaban J connectivity index is 5.26. The third-order valence-electron chi connectivity index (χ3n) is 21.7. The third-order valence-corrected chi connectivity index (χ3v) is 23.6. The van der Waals surface area contributed by atoms with E-state index in [1.807, 2.05) is 0 Å². The Morgan fingerprint density at radius 1 is 0.255 bits per heavy atom. The summed E-state index contributed by atoms with van der Waals surface area (Å²) in [6.45, 7) is 14.4. The van der Waals surface area contributed by atoms with Crippen LogP contribution in [0.3, 0.4) is 0 Å². The molecule has 17 nitrogen and oxygen atoms in total. The molecule has 0 bridgehead atoms. The number of ether oxygens (including phenoxy) is 4. The number of rotatable bonds is 88. The standard InChI is InChI=1S/C91H178O17P2/c1-9-84(8)70-62-54-46-38-30-24-20-21-27-33-41-50-58-66-74-91(96)108-87(78-102-89(94)72-64-56-48-42-34-37-45-53-61-69-83(6)7)80-106-110(99,100)104-76-85(92)75-103-109(97,98)105-79-86(77-101-88(93)71-63-55-47-39-31-25-18-15-14-17-23-29-36-44-52-60-68-82(4)5)107-90(95)73-65-57-49-40-32-26-19-13-11-10-12-16-22-28-35-43-51-59-67-81(2)3/h81-87,92H,9-80H2,1-8H3,(H,97,98)(H,99,100)/t84?,85-,86-,87-/m1/s1. The first-order valence-corrected chi connectivity index (χ1v) is 49.7. The molecule has 3 unspecified atom stereocenters. The number of esters is 4. The van der Waals surface area contributed by atoms with Gasteiger partial charge in [0.15, 0.2) is 12.2 Å². The van der Waals surface area contributed by atoms with Gasteiger partial charge in [0, 0.05) is 25.7 Å². The van der Waals surface area contributed by atoms with Crippen molar-refractivity contribution in [3.8, 4) is 0 Å². The summed E-state index contributed by atoms with van der Waals surface area (Å²) in [4.78, 5) is 73.4. The number of aliphatic hydroxyl groups excluding tert-OH is 1. The van der Waals surface area contributed by atoms with Gasteiger partial charge in [-0.25, -0.2) is 9.13 Å². The van der Waals surface area contributed by atoms with Crippen molar-refractivity contribution >= 4 is 39.5 Å². The van der Waals surface area contributed by atoms with Gasteiger partial charge in [-0.3, -0.25) is 37.3 Å². The first kappa shape index (κ1) is 108. The molecule has 19 heteroatoms. The minimum Gasteiger partial charge on any atom is -0.462 e. The maximum Gasteiger partial charge on any atom is 0.472 e. The van der Waals surface area contributed by atoms with Crippen molar-refractivity contribution in [1.82, 2.24) is 0 Å². The lowest BCUT2D eigenvalue weighted by Gasteiger charge is -2.21. The number of carbonyl (C=O) groups is 4. The molecule has 0 aliphatic heterocycles. The number of aliphatic hydroxyl groups is 1. The molecule has 3 N–H and O–H groups in total. The van der Waals surface area contributed by atoms with Gasteiger partial charge in [0.25, 0.3) is 0 Å². The van der Waals surface area contributed by atoms with Crippen molar-refractivity contribution in [3.05, 3.63) is 0 Å². The topological polar surface area (TPSA) is 237 Å². The smallest absolute Gasteiger partial charge is 0.462 e. The highest BCUT2D eigenvalue weighted by Crippen LogP contribution is 2.45. The van der Waals surface area contributed by atoms with Gasteiger partial charge in [0.2, 0.25) is 0 Å².